The lowest BCUT2D eigenvalue weighted by molar-refractivity contribution is 0.102. The molecule has 2 N–H and O–H groups in total. The predicted octanol–water partition coefficient (Wildman–Crippen LogP) is 5.21. The van der Waals surface area contributed by atoms with Crippen LogP contribution in [0, 0.1) is 17.6 Å². The molecule has 0 aliphatic carbocycles. The van der Waals surface area contributed by atoms with Gasteiger partial charge in [-0.05, 0) is 66.4 Å². The molecule has 8 heteroatoms. The summed E-state index contributed by atoms with van der Waals surface area (Å²) in [6, 6.07) is 16.1. The molecule has 0 saturated heterocycles. The molecule has 0 spiro atoms. The summed E-state index contributed by atoms with van der Waals surface area (Å²) >= 11 is 0. The molecule has 0 aliphatic rings. The Bertz CT molecular complexity index is 1210. The van der Waals surface area contributed by atoms with Gasteiger partial charge in [0.25, 0.3) is 5.91 Å². The molecule has 32 heavy (non-hydrogen) atoms. The van der Waals surface area contributed by atoms with Crippen molar-refractivity contribution in [2.75, 3.05) is 5.32 Å². The topological polar surface area (TPSA) is 75.3 Å². The Kier molecular flexibility index (Phi) is 7.06. The Morgan fingerprint density at radius 3 is 1.91 bits per heavy atom. The van der Waals surface area contributed by atoms with Crippen molar-refractivity contribution in [3.63, 3.8) is 0 Å². The second-order valence-corrected chi connectivity index (χ2v) is 9.55. The maximum absolute atomic E-state index is 13.3. The smallest absolute Gasteiger partial charge is 0.255 e. The van der Waals surface area contributed by atoms with Gasteiger partial charge in [0.05, 0.1) is 4.90 Å². The van der Waals surface area contributed by atoms with Gasteiger partial charge in [-0.1, -0.05) is 38.1 Å². The summed E-state index contributed by atoms with van der Waals surface area (Å²) < 4.78 is 54.0. The molecule has 0 aliphatic heterocycles. The molecular weight excluding hydrogens is 434 g/mol. The lowest BCUT2D eigenvalue weighted by Gasteiger charge is -2.17. The van der Waals surface area contributed by atoms with Gasteiger partial charge in [0.2, 0.25) is 10.0 Å². The first-order valence-corrected chi connectivity index (χ1v) is 11.5. The van der Waals surface area contributed by atoms with Crippen LogP contribution in [-0.4, -0.2) is 20.4 Å². The van der Waals surface area contributed by atoms with E-state index in [0.29, 0.717) is 5.69 Å². The average Bonchev–Trinajstić information content (AvgIpc) is 2.76. The summed E-state index contributed by atoms with van der Waals surface area (Å²) in [7, 11) is -3.60. The van der Waals surface area contributed by atoms with Crippen LogP contribution in [0.4, 0.5) is 14.5 Å². The van der Waals surface area contributed by atoms with E-state index in [1.165, 1.54) is 6.07 Å². The minimum Gasteiger partial charge on any atom is -0.322 e. The Balaban J connectivity index is 1.70. The molecule has 0 aromatic heterocycles. The molecule has 0 saturated carbocycles. The van der Waals surface area contributed by atoms with Crippen molar-refractivity contribution >= 4 is 21.6 Å². The summed E-state index contributed by atoms with van der Waals surface area (Å²) in [6.45, 7) is 5.71. The van der Waals surface area contributed by atoms with Gasteiger partial charge in [-0.15, -0.1) is 0 Å². The normalized spacial score (nSPS) is 12.6. The summed E-state index contributed by atoms with van der Waals surface area (Å²) in [5, 5.41) is 2.62. The number of halogens is 2. The molecule has 0 heterocycles. The average molecular weight is 459 g/mol. The number of nitrogens with one attached hydrogen (secondary N) is 2. The van der Waals surface area contributed by atoms with Gasteiger partial charge < -0.3 is 5.32 Å². The first-order valence-electron chi connectivity index (χ1n) is 10.1. The zero-order valence-corrected chi connectivity index (χ0v) is 18.7. The van der Waals surface area contributed by atoms with Gasteiger partial charge in [-0.3, -0.25) is 4.79 Å². The lowest BCUT2D eigenvalue weighted by Crippen LogP contribution is -2.36. The fraction of sp³-hybridized carbons (Fsp3) is 0.208. The molecule has 3 aromatic carbocycles. The highest BCUT2D eigenvalue weighted by Gasteiger charge is 2.19. The standard InChI is InChI=1S/C24H24F2N2O3S/c1-15(2)16(3)28-32(30,31)21-11-6-18(7-12-21)17-4-9-20(10-5-17)27-24(29)19-8-13-22(25)23(26)14-19/h4-16,28H,1-3H3,(H,27,29)/t16-/m1/s1. The SMILES string of the molecule is CC(C)[C@@H](C)NS(=O)(=O)c1ccc(-c2ccc(NC(=O)c3ccc(F)c(F)c3)cc2)cc1. The van der Waals surface area contributed by atoms with Crippen LogP contribution in [-0.2, 0) is 10.0 Å². The highest BCUT2D eigenvalue weighted by Crippen LogP contribution is 2.24. The number of carbonyl (C=O) groups excluding carboxylic acids is 1. The van der Waals surface area contributed by atoms with Gasteiger partial charge in [0, 0.05) is 17.3 Å². The van der Waals surface area contributed by atoms with Crippen LogP contribution in [0.15, 0.2) is 71.6 Å². The highest BCUT2D eigenvalue weighted by molar-refractivity contribution is 7.89. The number of rotatable bonds is 7. The predicted molar refractivity (Wildman–Crippen MR) is 121 cm³/mol. The summed E-state index contributed by atoms with van der Waals surface area (Å²) in [4.78, 5) is 12.4. The van der Waals surface area contributed by atoms with Gasteiger partial charge in [-0.25, -0.2) is 21.9 Å². The molecule has 168 valence electrons. The minimum atomic E-state index is -3.60. The van der Waals surface area contributed by atoms with Crippen molar-refractivity contribution in [3.8, 4) is 11.1 Å². The largest absolute Gasteiger partial charge is 0.322 e. The molecule has 1 atom stereocenters. The quantitative estimate of drug-likeness (QED) is 0.511. The molecule has 0 unspecified atom stereocenters. The molecular formula is C24H24F2N2O3S. The number of amides is 1. The van der Waals surface area contributed by atoms with E-state index in [9.17, 15) is 22.0 Å². The monoisotopic (exact) mass is 458 g/mol. The molecule has 0 bridgehead atoms. The van der Waals surface area contributed by atoms with Gasteiger partial charge >= 0.3 is 0 Å². The number of hydrogen-bond donors (Lipinski definition) is 2. The van der Waals surface area contributed by atoms with Crippen LogP contribution >= 0.6 is 0 Å². The highest BCUT2D eigenvalue weighted by atomic mass is 32.2. The van der Waals surface area contributed by atoms with Crippen molar-refractivity contribution in [2.45, 2.75) is 31.7 Å². The Morgan fingerprint density at radius 2 is 1.38 bits per heavy atom. The van der Waals surface area contributed by atoms with Gasteiger partial charge in [0.15, 0.2) is 11.6 Å². The van der Waals surface area contributed by atoms with E-state index in [0.717, 1.165) is 23.3 Å². The molecule has 1 amide bonds. The summed E-state index contributed by atoms with van der Waals surface area (Å²) in [5.41, 5.74) is 2.11. The lowest BCUT2D eigenvalue weighted by atomic mass is 10.1. The molecule has 3 rings (SSSR count). The maximum atomic E-state index is 13.3. The Hall–Kier alpha value is -3.10. The van der Waals surface area contributed by atoms with E-state index >= 15 is 0 Å². The fourth-order valence-corrected chi connectivity index (χ4v) is 4.25. The first kappa shape index (κ1) is 23.6. The molecule has 3 aromatic rings. The number of benzene rings is 3. The zero-order valence-electron chi connectivity index (χ0n) is 17.9. The van der Waals surface area contributed by atoms with Gasteiger partial charge in [0.1, 0.15) is 0 Å². The van der Waals surface area contributed by atoms with E-state index in [-0.39, 0.29) is 22.4 Å². The maximum Gasteiger partial charge on any atom is 0.255 e. The van der Waals surface area contributed by atoms with E-state index in [1.807, 2.05) is 20.8 Å². The van der Waals surface area contributed by atoms with Crippen LogP contribution < -0.4 is 10.0 Å². The molecule has 0 fully saturated rings. The minimum absolute atomic E-state index is 0.00479. The second kappa shape index (κ2) is 9.58. The van der Waals surface area contributed by atoms with Crippen LogP contribution in [0.25, 0.3) is 11.1 Å². The third-order valence-electron chi connectivity index (χ3n) is 5.16. The van der Waals surface area contributed by atoms with Crippen LogP contribution in [0.2, 0.25) is 0 Å². The Labute approximate surface area is 186 Å². The van der Waals surface area contributed by atoms with E-state index in [4.69, 9.17) is 0 Å². The van der Waals surface area contributed by atoms with Crippen molar-refractivity contribution in [1.82, 2.24) is 4.72 Å². The number of anilines is 1. The van der Waals surface area contributed by atoms with Crippen LogP contribution in [0.1, 0.15) is 31.1 Å². The van der Waals surface area contributed by atoms with E-state index in [1.54, 1.807) is 48.5 Å². The third kappa shape index (κ3) is 5.57. The first-order chi connectivity index (χ1) is 15.1. The second-order valence-electron chi connectivity index (χ2n) is 7.84. The van der Waals surface area contributed by atoms with Crippen LogP contribution in [0.5, 0.6) is 0 Å². The number of sulfonamides is 1. The summed E-state index contributed by atoms with van der Waals surface area (Å²) in [5.74, 6) is -2.50. The fourth-order valence-electron chi connectivity index (χ4n) is 2.86. The molecule has 0 radical (unpaired) electrons. The number of carbonyl (C=O) groups is 1. The van der Waals surface area contributed by atoms with E-state index < -0.39 is 27.6 Å². The molecule has 5 nitrogen and oxygen atoms in total. The number of hydrogen-bond acceptors (Lipinski definition) is 3. The third-order valence-corrected chi connectivity index (χ3v) is 6.74. The van der Waals surface area contributed by atoms with Crippen LogP contribution in [0.3, 0.4) is 0 Å². The zero-order chi connectivity index (χ0) is 23.5. The van der Waals surface area contributed by atoms with Crippen molar-refractivity contribution in [2.24, 2.45) is 5.92 Å². The van der Waals surface area contributed by atoms with E-state index in [2.05, 4.69) is 10.0 Å². The van der Waals surface area contributed by atoms with Gasteiger partial charge in [-0.2, -0.15) is 0 Å². The summed E-state index contributed by atoms with van der Waals surface area (Å²) in [6.07, 6.45) is 0. The van der Waals surface area contributed by atoms with Crippen molar-refractivity contribution < 1.29 is 22.0 Å². The Morgan fingerprint density at radius 1 is 0.812 bits per heavy atom. The van der Waals surface area contributed by atoms with Crippen molar-refractivity contribution in [3.05, 3.63) is 83.9 Å². The van der Waals surface area contributed by atoms with Crippen molar-refractivity contribution in [1.29, 1.82) is 0 Å².